The molecule has 1 amide bonds. The molecule has 0 saturated carbocycles. The highest BCUT2D eigenvalue weighted by Gasteiger charge is 2.21. The van der Waals surface area contributed by atoms with Gasteiger partial charge in [0.2, 0.25) is 0 Å². The minimum Gasteiger partial charge on any atom is -0.365 e. The van der Waals surface area contributed by atoms with Gasteiger partial charge in [-0.05, 0) is 0 Å². The van der Waals surface area contributed by atoms with Crippen molar-refractivity contribution in [2.45, 2.75) is 6.43 Å². The molecule has 0 unspecified atom stereocenters. The molecule has 1 aromatic rings. The minimum absolute atomic E-state index is 0.381. The predicted octanol–water partition coefficient (Wildman–Crippen LogP) is 0.550. The first kappa shape index (κ1) is 10.3. The van der Waals surface area contributed by atoms with Crippen molar-refractivity contribution in [3.63, 3.8) is 0 Å². The maximum Gasteiger partial charge on any atom is 0.279 e. The van der Waals surface area contributed by atoms with E-state index >= 15 is 0 Å². The fourth-order valence-electron chi connectivity index (χ4n) is 0.965. The van der Waals surface area contributed by atoms with Crippen LogP contribution in [0.5, 0.6) is 0 Å². The molecule has 0 aromatic carbocycles. The van der Waals surface area contributed by atoms with E-state index in [-0.39, 0.29) is 0 Å². The lowest BCUT2D eigenvalue weighted by Crippen LogP contribution is -2.25. The largest absolute Gasteiger partial charge is 0.365 e. The standard InChI is InChI=1S/C7H5F3N2O2/c8-3-1-2(13)4(7(11)14)5(12-3)6(9)10/h1,6H,(H2,11,14)(H,12,13). The summed E-state index contributed by atoms with van der Waals surface area (Å²) in [6.07, 6.45) is -3.17. The van der Waals surface area contributed by atoms with E-state index in [4.69, 9.17) is 0 Å². The number of pyridine rings is 1. The molecule has 0 atom stereocenters. The van der Waals surface area contributed by atoms with Crippen LogP contribution in [0.1, 0.15) is 22.5 Å². The Bertz CT molecular complexity index is 427. The van der Waals surface area contributed by atoms with E-state index in [9.17, 15) is 22.8 Å². The van der Waals surface area contributed by atoms with Crippen LogP contribution in [0.3, 0.4) is 0 Å². The van der Waals surface area contributed by atoms with Gasteiger partial charge in [-0.25, -0.2) is 8.78 Å². The van der Waals surface area contributed by atoms with Crippen LogP contribution in [0, 0.1) is 5.95 Å². The topological polar surface area (TPSA) is 76.0 Å². The van der Waals surface area contributed by atoms with Gasteiger partial charge in [0.25, 0.3) is 12.3 Å². The van der Waals surface area contributed by atoms with Crippen molar-refractivity contribution in [1.82, 2.24) is 4.98 Å². The second-order valence-corrected chi connectivity index (χ2v) is 2.44. The zero-order valence-corrected chi connectivity index (χ0v) is 6.68. The number of primary amides is 1. The summed E-state index contributed by atoms with van der Waals surface area (Å²) in [7, 11) is 0. The lowest BCUT2D eigenvalue weighted by atomic mass is 10.2. The molecule has 3 N–H and O–H groups in total. The Morgan fingerprint density at radius 3 is 2.50 bits per heavy atom. The van der Waals surface area contributed by atoms with E-state index < -0.39 is 35.0 Å². The summed E-state index contributed by atoms with van der Waals surface area (Å²) in [6.45, 7) is 0. The van der Waals surface area contributed by atoms with Gasteiger partial charge in [-0.15, -0.1) is 0 Å². The monoisotopic (exact) mass is 206 g/mol. The normalized spacial score (nSPS) is 10.6. The molecular formula is C7H5F3N2O2. The molecule has 0 fully saturated rings. The Kier molecular flexibility index (Phi) is 2.59. The van der Waals surface area contributed by atoms with Crippen molar-refractivity contribution in [2.24, 2.45) is 5.73 Å². The SMILES string of the molecule is NC(=O)c1c(C(F)F)[nH]c(F)cc1=O. The lowest BCUT2D eigenvalue weighted by Gasteiger charge is -2.04. The smallest absolute Gasteiger partial charge is 0.279 e. The number of amides is 1. The van der Waals surface area contributed by atoms with Gasteiger partial charge in [-0.3, -0.25) is 9.59 Å². The number of carbonyl (C=O) groups excluding carboxylic acids is 1. The quantitative estimate of drug-likeness (QED) is 0.693. The number of hydrogen-bond acceptors (Lipinski definition) is 2. The fourth-order valence-corrected chi connectivity index (χ4v) is 0.965. The molecule has 0 spiro atoms. The molecular weight excluding hydrogens is 201 g/mol. The summed E-state index contributed by atoms with van der Waals surface area (Å²) in [5.41, 5.74) is 1.52. The third-order valence-electron chi connectivity index (χ3n) is 1.49. The van der Waals surface area contributed by atoms with E-state index in [0.717, 1.165) is 0 Å². The number of aromatic nitrogens is 1. The number of halogens is 3. The summed E-state index contributed by atoms with van der Waals surface area (Å²) < 4.78 is 36.9. The van der Waals surface area contributed by atoms with E-state index in [1.165, 1.54) is 0 Å². The van der Waals surface area contributed by atoms with Crippen LogP contribution in [0.2, 0.25) is 0 Å². The van der Waals surface area contributed by atoms with E-state index in [2.05, 4.69) is 5.73 Å². The van der Waals surface area contributed by atoms with Crippen LogP contribution in [0.25, 0.3) is 0 Å². The van der Waals surface area contributed by atoms with Crippen molar-refractivity contribution in [2.75, 3.05) is 0 Å². The summed E-state index contributed by atoms with van der Waals surface area (Å²) in [4.78, 5) is 23.1. The van der Waals surface area contributed by atoms with Gasteiger partial charge >= 0.3 is 0 Å². The number of hydrogen-bond donors (Lipinski definition) is 2. The first-order chi connectivity index (χ1) is 6.43. The summed E-state index contributed by atoms with van der Waals surface area (Å²) in [5, 5.41) is 0. The number of H-pyrrole nitrogens is 1. The average molecular weight is 206 g/mol. The highest BCUT2D eigenvalue weighted by molar-refractivity contribution is 5.93. The average Bonchev–Trinajstić information content (AvgIpc) is 2.01. The molecule has 76 valence electrons. The molecule has 4 nitrogen and oxygen atoms in total. The predicted molar refractivity (Wildman–Crippen MR) is 40.5 cm³/mol. The first-order valence-corrected chi connectivity index (χ1v) is 3.44. The number of aromatic amines is 1. The van der Waals surface area contributed by atoms with Gasteiger partial charge in [-0.2, -0.15) is 4.39 Å². The minimum atomic E-state index is -3.17. The first-order valence-electron chi connectivity index (χ1n) is 3.44. The van der Waals surface area contributed by atoms with Crippen molar-refractivity contribution in [3.8, 4) is 0 Å². The van der Waals surface area contributed by atoms with E-state index in [1.807, 2.05) is 0 Å². The Balaban J connectivity index is 3.53. The second-order valence-electron chi connectivity index (χ2n) is 2.44. The van der Waals surface area contributed by atoms with Gasteiger partial charge in [0.1, 0.15) is 11.3 Å². The fraction of sp³-hybridized carbons (Fsp3) is 0.143. The van der Waals surface area contributed by atoms with Crippen molar-refractivity contribution >= 4 is 5.91 Å². The molecule has 0 aliphatic rings. The summed E-state index contributed by atoms with van der Waals surface area (Å²) >= 11 is 0. The molecule has 0 aliphatic heterocycles. The highest BCUT2D eigenvalue weighted by atomic mass is 19.3. The molecule has 0 aliphatic carbocycles. The van der Waals surface area contributed by atoms with E-state index in [1.54, 1.807) is 4.98 Å². The van der Waals surface area contributed by atoms with Gasteiger partial charge in [0.15, 0.2) is 11.4 Å². The Morgan fingerprint density at radius 1 is 1.50 bits per heavy atom. The second kappa shape index (κ2) is 3.52. The van der Waals surface area contributed by atoms with Crippen LogP contribution in [-0.4, -0.2) is 10.9 Å². The van der Waals surface area contributed by atoms with Crippen LogP contribution >= 0.6 is 0 Å². The maximum atomic E-state index is 12.5. The number of nitrogens with one attached hydrogen (secondary N) is 1. The summed E-state index contributed by atoms with van der Waals surface area (Å²) in [5.74, 6) is -2.56. The van der Waals surface area contributed by atoms with Crippen LogP contribution in [0.15, 0.2) is 10.9 Å². The van der Waals surface area contributed by atoms with Gasteiger partial charge in [-0.1, -0.05) is 0 Å². The third kappa shape index (κ3) is 1.76. The van der Waals surface area contributed by atoms with Gasteiger partial charge in [0, 0.05) is 6.07 Å². The van der Waals surface area contributed by atoms with Crippen LogP contribution in [-0.2, 0) is 0 Å². The Labute approximate surface area is 75.5 Å². The molecule has 1 heterocycles. The molecule has 14 heavy (non-hydrogen) atoms. The number of alkyl halides is 2. The molecule has 0 radical (unpaired) electrons. The molecule has 1 rings (SSSR count). The third-order valence-corrected chi connectivity index (χ3v) is 1.49. The molecule has 0 bridgehead atoms. The van der Waals surface area contributed by atoms with E-state index in [0.29, 0.717) is 6.07 Å². The molecule has 0 saturated heterocycles. The lowest BCUT2D eigenvalue weighted by molar-refractivity contribution is 0.0980. The number of rotatable bonds is 2. The van der Waals surface area contributed by atoms with Crippen LogP contribution in [0.4, 0.5) is 13.2 Å². The van der Waals surface area contributed by atoms with Crippen molar-refractivity contribution in [3.05, 3.63) is 33.5 Å². The van der Waals surface area contributed by atoms with Crippen molar-refractivity contribution in [1.29, 1.82) is 0 Å². The van der Waals surface area contributed by atoms with Crippen LogP contribution < -0.4 is 11.2 Å². The Morgan fingerprint density at radius 2 is 2.07 bits per heavy atom. The zero-order valence-electron chi connectivity index (χ0n) is 6.68. The highest BCUT2D eigenvalue weighted by Crippen LogP contribution is 2.18. The summed E-state index contributed by atoms with van der Waals surface area (Å²) in [6, 6.07) is 0.381. The maximum absolute atomic E-state index is 12.5. The van der Waals surface area contributed by atoms with Gasteiger partial charge < -0.3 is 10.7 Å². The molecule has 1 aromatic heterocycles. The number of nitrogens with two attached hydrogens (primary N) is 1. The molecule has 7 heteroatoms. The van der Waals surface area contributed by atoms with Gasteiger partial charge in [0.05, 0.1) is 0 Å². The van der Waals surface area contributed by atoms with Crippen molar-refractivity contribution < 1.29 is 18.0 Å². The number of carbonyl (C=O) groups is 1. The Hall–Kier alpha value is -1.79. The zero-order chi connectivity index (χ0) is 10.9.